The van der Waals surface area contributed by atoms with Crippen LogP contribution >= 0.6 is 0 Å². The number of rotatable bonds is 12. The van der Waals surface area contributed by atoms with Gasteiger partial charge in [-0.15, -0.1) is 0 Å². The van der Waals surface area contributed by atoms with Gasteiger partial charge in [-0.05, 0) is 106 Å². The topological polar surface area (TPSA) is 86.0 Å². The van der Waals surface area contributed by atoms with Crippen LogP contribution in [-0.2, 0) is 6.54 Å². The predicted octanol–water partition coefficient (Wildman–Crippen LogP) is 6.92. The molecule has 1 aliphatic heterocycles. The Kier molecular flexibility index (Phi) is 10.1. The third-order valence-electron chi connectivity index (χ3n) is 9.39. The largest absolute Gasteiger partial charge is 0.478 e. The molecule has 1 aromatic heterocycles. The molecule has 0 atom stereocenters. The number of nitrogens with zero attached hydrogens (tertiary/aromatic N) is 2. The van der Waals surface area contributed by atoms with Gasteiger partial charge in [0.1, 0.15) is 0 Å². The van der Waals surface area contributed by atoms with E-state index in [0.29, 0.717) is 23.3 Å². The minimum Gasteiger partial charge on any atom is -0.478 e. The van der Waals surface area contributed by atoms with Crippen molar-refractivity contribution >= 4 is 17.6 Å². The number of benzene rings is 2. The Bertz CT molecular complexity index is 1290. The molecule has 7 heteroatoms. The smallest absolute Gasteiger partial charge is 0.335 e. The lowest BCUT2D eigenvalue weighted by atomic mass is 9.69. The second-order valence-corrected chi connectivity index (χ2v) is 12.3. The fourth-order valence-corrected chi connectivity index (χ4v) is 6.84. The standard InChI is InChI=1S/C35H45N3O4/c1-27-10-12-30(13-11-27)38(33(39)32-9-6-24-42-32)31-14-21-37(22-15-31)23-19-35(16-3-2-4-17-35)18-20-36-26-28-7-5-8-29(25-28)34(40)41/h5-13,24-25,31,36H,2-4,14-23,26H2,1H3,(H,40,41). The Morgan fingerprint density at radius 1 is 1.00 bits per heavy atom. The number of anilines is 1. The second-order valence-electron chi connectivity index (χ2n) is 12.3. The fourth-order valence-electron chi connectivity index (χ4n) is 6.84. The highest BCUT2D eigenvalue weighted by Gasteiger charge is 2.34. The van der Waals surface area contributed by atoms with Crippen molar-refractivity contribution in [1.29, 1.82) is 0 Å². The molecular weight excluding hydrogens is 526 g/mol. The maximum absolute atomic E-state index is 13.5. The first-order valence-corrected chi connectivity index (χ1v) is 15.6. The van der Waals surface area contributed by atoms with Crippen LogP contribution in [0.15, 0.2) is 71.3 Å². The van der Waals surface area contributed by atoms with Crippen molar-refractivity contribution in [2.45, 2.75) is 77.3 Å². The van der Waals surface area contributed by atoms with Gasteiger partial charge in [-0.1, -0.05) is 49.1 Å². The Balaban J connectivity index is 1.14. The number of hydrogen-bond acceptors (Lipinski definition) is 5. The first kappa shape index (κ1) is 30.1. The minimum absolute atomic E-state index is 0.0642. The molecule has 1 amide bonds. The van der Waals surface area contributed by atoms with Crippen molar-refractivity contribution in [2.24, 2.45) is 5.41 Å². The van der Waals surface area contributed by atoms with Crippen LogP contribution in [0.5, 0.6) is 0 Å². The summed E-state index contributed by atoms with van der Waals surface area (Å²) in [7, 11) is 0. The average Bonchev–Trinajstić information content (AvgIpc) is 3.56. The van der Waals surface area contributed by atoms with Gasteiger partial charge < -0.3 is 24.6 Å². The lowest BCUT2D eigenvalue weighted by Crippen LogP contribution is -2.48. The molecule has 0 radical (unpaired) electrons. The zero-order valence-corrected chi connectivity index (χ0v) is 24.9. The third kappa shape index (κ3) is 7.69. The quantitative estimate of drug-likeness (QED) is 0.230. The van der Waals surface area contributed by atoms with E-state index in [0.717, 1.165) is 56.7 Å². The van der Waals surface area contributed by atoms with Crippen molar-refractivity contribution in [2.75, 3.05) is 31.1 Å². The number of amides is 1. The second kappa shape index (κ2) is 14.2. The number of furan rings is 1. The van der Waals surface area contributed by atoms with Gasteiger partial charge in [-0.3, -0.25) is 4.79 Å². The third-order valence-corrected chi connectivity index (χ3v) is 9.39. The molecule has 0 unspecified atom stereocenters. The number of aryl methyl sites for hydroxylation is 1. The summed E-state index contributed by atoms with van der Waals surface area (Å²) in [6, 6.07) is 19.1. The van der Waals surface area contributed by atoms with Crippen molar-refractivity contribution < 1.29 is 19.1 Å². The monoisotopic (exact) mass is 571 g/mol. The number of aromatic carboxylic acids is 1. The maximum atomic E-state index is 13.5. The van der Waals surface area contributed by atoms with Gasteiger partial charge in [-0.2, -0.15) is 0 Å². The summed E-state index contributed by atoms with van der Waals surface area (Å²) in [4.78, 5) is 29.3. The summed E-state index contributed by atoms with van der Waals surface area (Å²) in [5, 5.41) is 12.9. The van der Waals surface area contributed by atoms with E-state index in [1.54, 1.807) is 30.5 Å². The fraction of sp³-hybridized carbons (Fsp3) is 0.486. The van der Waals surface area contributed by atoms with E-state index in [2.05, 4.69) is 29.3 Å². The van der Waals surface area contributed by atoms with Crippen LogP contribution in [0.25, 0.3) is 0 Å². The van der Waals surface area contributed by atoms with E-state index in [9.17, 15) is 14.7 Å². The number of nitrogens with one attached hydrogen (secondary N) is 1. The number of carboxylic acids is 1. The maximum Gasteiger partial charge on any atom is 0.335 e. The number of piperidine rings is 1. The van der Waals surface area contributed by atoms with E-state index in [1.165, 1.54) is 44.1 Å². The zero-order valence-electron chi connectivity index (χ0n) is 24.9. The SMILES string of the molecule is Cc1ccc(N(C(=O)c2ccco2)C2CCN(CCC3(CCNCc4cccc(C(=O)O)c4)CCCCC3)CC2)cc1. The highest BCUT2D eigenvalue weighted by molar-refractivity contribution is 6.04. The summed E-state index contributed by atoms with van der Waals surface area (Å²) < 4.78 is 5.50. The van der Waals surface area contributed by atoms with Crippen LogP contribution < -0.4 is 10.2 Å². The molecule has 2 fully saturated rings. The molecule has 3 aromatic rings. The average molecular weight is 572 g/mol. The molecule has 1 saturated heterocycles. The Morgan fingerprint density at radius 3 is 2.45 bits per heavy atom. The summed E-state index contributed by atoms with van der Waals surface area (Å²) >= 11 is 0. The lowest BCUT2D eigenvalue weighted by Gasteiger charge is -2.42. The van der Waals surface area contributed by atoms with Crippen LogP contribution in [0.1, 0.15) is 89.8 Å². The molecule has 0 spiro atoms. The summed E-state index contributed by atoms with van der Waals surface area (Å²) in [6.45, 7) is 6.79. The van der Waals surface area contributed by atoms with E-state index in [4.69, 9.17) is 4.42 Å². The van der Waals surface area contributed by atoms with Crippen molar-refractivity contribution in [1.82, 2.24) is 10.2 Å². The first-order chi connectivity index (χ1) is 20.4. The normalized spacial score (nSPS) is 17.6. The number of carboxylic acid groups (broad SMARTS) is 1. The Labute approximate surface area is 249 Å². The highest BCUT2D eigenvalue weighted by Crippen LogP contribution is 2.42. The van der Waals surface area contributed by atoms with E-state index >= 15 is 0 Å². The lowest BCUT2D eigenvalue weighted by molar-refractivity contribution is 0.0696. The molecule has 5 rings (SSSR count). The Hall–Kier alpha value is -3.42. The molecule has 1 saturated carbocycles. The van der Waals surface area contributed by atoms with E-state index < -0.39 is 5.97 Å². The summed E-state index contributed by atoms with van der Waals surface area (Å²) in [5.74, 6) is -0.555. The molecule has 2 N–H and O–H groups in total. The summed E-state index contributed by atoms with van der Waals surface area (Å²) in [5.41, 5.74) is 3.84. The van der Waals surface area contributed by atoms with Crippen LogP contribution in [0.2, 0.25) is 0 Å². The van der Waals surface area contributed by atoms with Crippen LogP contribution in [0.3, 0.4) is 0 Å². The predicted molar refractivity (Wildman–Crippen MR) is 166 cm³/mol. The summed E-state index contributed by atoms with van der Waals surface area (Å²) in [6.07, 6.45) is 12.4. The molecule has 224 valence electrons. The highest BCUT2D eigenvalue weighted by atomic mass is 16.4. The van der Waals surface area contributed by atoms with E-state index in [1.807, 2.05) is 29.2 Å². The van der Waals surface area contributed by atoms with Gasteiger partial charge in [-0.25, -0.2) is 4.79 Å². The van der Waals surface area contributed by atoms with Gasteiger partial charge in [0, 0.05) is 31.4 Å². The number of hydrogen-bond donors (Lipinski definition) is 2. The van der Waals surface area contributed by atoms with Crippen LogP contribution in [-0.4, -0.2) is 54.1 Å². The van der Waals surface area contributed by atoms with Gasteiger partial charge >= 0.3 is 5.97 Å². The van der Waals surface area contributed by atoms with Gasteiger partial charge in [0.25, 0.3) is 5.91 Å². The van der Waals surface area contributed by atoms with Gasteiger partial charge in [0.05, 0.1) is 11.8 Å². The molecule has 2 aromatic carbocycles. The minimum atomic E-state index is -0.881. The molecule has 42 heavy (non-hydrogen) atoms. The molecule has 1 aliphatic carbocycles. The number of carbonyl (C=O) groups is 2. The van der Waals surface area contributed by atoms with Crippen LogP contribution in [0.4, 0.5) is 5.69 Å². The van der Waals surface area contributed by atoms with Crippen molar-refractivity contribution in [3.63, 3.8) is 0 Å². The van der Waals surface area contributed by atoms with Crippen LogP contribution in [0, 0.1) is 12.3 Å². The van der Waals surface area contributed by atoms with Crippen molar-refractivity contribution in [3.8, 4) is 0 Å². The Morgan fingerprint density at radius 2 is 1.76 bits per heavy atom. The van der Waals surface area contributed by atoms with Gasteiger partial charge in [0.15, 0.2) is 5.76 Å². The first-order valence-electron chi connectivity index (χ1n) is 15.6. The molecular formula is C35H45N3O4. The number of likely N-dealkylation sites (tertiary alicyclic amines) is 1. The molecule has 2 aliphatic rings. The molecule has 2 heterocycles. The van der Waals surface area contributed by atoms with E-state index in [-0.39, 0.29) is 11.9 Å². The zero-order chi connectivity index (χ0) is 29.4. The molecule has 7 nitrogen and oxygen atoms in total. The van der Waals surface area contributed by atoms with Gasteiger partial charge in [0.2, 0.25) is 0 Å². The molecule has 0 bridgehead atoms. The number of carbonyl (C=O) groups excluding carboxylic acids is 1. The van der Waals surface area contributed by atoms with Crippen molar-refractivity contribution in [3.05, 3.63) is 89.4 Å².